The largest absolute Gasteiger partial charge is 0.393 e. The van der Waals surface area contributed by atoms with Gasteiger partial charge in [-0.25, -0.2) is 4.79 Å². The molecule has 3 N–H and O–H groups in total. The molecule has 2 atom stereocenters. The molecule has 4 nitrogen and oxygen atoms in total. The number of nitrogens with one attached hydrogen (secondary N) is 2. The lowest BCUT2D eigenvalue weighted by atomic mass is 10.1. The van der Waals surface area contributed by atoms with Crippen LogP contribution in [-0.4, -0.2) is 23.8 Å². The number of hydrogen-bond donors (Lipinski definition) is 3. The number of urea groups is 1. The Morgan fingerprint density at radius 1 is 1.44 bits per heavy atom. The van der Waals surface area contributed by atoms with Crippen LogP contribution in [0, 0.1) is 0 Å². The van der Waals surface area contributed by atoms with Crippen molar-refractivity contribution in [3.63, 3.8) is 0 Å². The SMILES string of the molecule is CC(O)CCNC(=O)NC(C)c1cccc(Br)c1. The van der Waals surface area contributed by atoms with Gasteiger partial charge in [-0.15, -0.1) is 0 Å². The van der Waals surface area contributed by atoms with Crippen molar-refractivity contribution in [3.8, 4) is 0 Å². The van der Waals surface area contributed by atoms with Gasteiger partial charge >= 0.3 is 6.03 Å². The molecule has 0 saturated carbocycles. The Bertz CT molecular complexity index is 396. The Morgan fingerprint density at radius 3 is 2.78 bits per heavy atom. The van der Waals surface area contributed by atoms with Crippen molar-refractivity contribution in [1.82, 2.24) is 10.6 Å². The fraction of sp³-hybridized carbons (Fsp3) is 0.462. The minimum Gasteiger partial charge on any atom is -0.393 e. The van der Waals surface area contributed by atoms with E-state index < -0.39 is 6.10 Å². The summed E-state index contributed by atoms with van der Waals surface area (Å²) in [5, 5.41) is 14.6. The van der Waals surface area contributed by atoms with Gasteiger partial charge in [-0.3, -0.25) is 0 Å². The summed E-state index contributed by atoms with van der Waals surface area (Å²) in [6.07, 6.45) is 0.159. The van der Waals surface area contributed by atoms with Gasteiger partial charge in [0.1, 0.15) is 0 Å². The van der Waals surface area contributed by atoms with Crippen LogP contribution in [0.3, 0.4) is 0 Å². The van der Waals surface area contributed by atoms with E-state index in [1.165, 1.54) is 0 Å². The Morgan fingerprint density at radius 2 is 2.17 bits per heavy atom. The fourth-order valence-corrected chi connectivity index (χ4v) is 1.92. The Hall–Kier alpha value is -1.07. The highest BCUT2D eigenvalue weighted by Gasteiger charge is 2.09. The number of carbonyl (C=O) groups is 1. The molecule has 1 rings (SSSR count). The van der Waals surface area contributed by atoms with Crippen molar-refractivity contribution >= 4 is 22.0 Å². The van der Waals surface area contributed by atoms with Crippen LogP contribution in [0.25, 0.3) is 0 Å². The lowest BCUT2D eigenvalue weighted by Gasteiger charge is -2.15. The zero-order valence-corrected chi connectivity index (χ0v) is 12.2. The number of aliphatic hydroxyl groups excluding tert-OH is 1. The summed E-state index contributed by atoms with van der Waals surface area (Å²) < 4.78 is 0.989. The molecule has 18 heavy (non-hydrogen) atoms. The maximum absolute atomic E-state index is 11.6. The van der Waals surface area contributed by atoms with Gasteiger partial charge in [0, 0.05) is 11.0 Å². The average molecular weight is 315 g/mol. The number of hydrogen-bond acceptors (Lipinski definition) is 2. The second-order valence-corrected chi connectivity index (χ2v) is 5.23. The average Bonchev–Trinajstić information content (AvgIpc) is 2.28. The third-order valence-corrected chi connectivity index (χ3v) is 3.04. The fourth-order valence-electron chi connectivity index (χ4n) is 1.50. The normalized spacial score (nSPS) is 13.8. The standard InChI is InChI=1S/C13H19BrN2O2/c1-9(17)6-7-15-13(18)16-10(2)11-4-3-5-12(14)8-11/h3-5,8-10,17H,6-7H2,1-2H3,(H2,15,16,18). The second kappa shape index (κ2) is 7.38. The van der Waals surface area contributed by atoms with Crippen LogP contribution in [-0.2, 0) is 0 Å². The van der Waals surface area contributed by atoms with Gasteiger partial charge < -0.3 is 15.7 Å². The first-order valence-corrected chi connectivity index (χ1v) is 6.76. The molecule has 2 amide bonds. The smallest absolute Gasteiger partial charge is 0.315 e. The summed E-state index contributed by atoms with van der Waals surface area (Å²) in [6, 6.07) is 7.53. The van der Waals surface area contributed by atoms with E-state index in [0.717, 1.165) is 10.0 Å². The van der Waals surface area contributed by atoms with Gasteiger partial charge in [0.25, 0.3) is 0 Å². The molecule has 0 saturated heterocycles. The van der Waals surface area contributed by atoms with Crippen molar-refractivity contribution in [3.05, 3.63) is 34.3 Å². The lowest BCUT2D eigenvalue weighted by molar-refractivity contribution is 0.183. The maximum Gasteiger partial charge on any atom is 0.315 e. The Labute approximate surface area is 116 Å². The van der Waals surface area contributed by atoms with Crippen LogP contribution in [0.2, 0.25) is 0 Å². The van der Waals surface area contributed by atoms with Crippen LogP contribution in [0.5, 0.6) is 0 Å². The van der Waals surface area contributed by atoms with Crippen molar-refractivity contribution < 1.29 is 9.90 Å². The molecular formula is C13H19BrN2O2. The van der Waals surface area contributed by atoms with Gasteiger partial charge in [0.05, 0.1) is 12.1 Å². The van der Waals surface area contributed by atoms with Crippen LogP contribution in [0.1, 0.15) is 31.9 Å². The van der Waals surface area contributed by atoms with Crippen LogP contribution in [0.15, 0.2) is 28.7 Å². The predicted octanol–water partition coefficient (Wildman–Crippen LogP) is 2.58. The molecule has 0 aromatic heterocycles. The molecule has 0 aliphatic carbocycles. The Balaban J connectivity index is 2.40. The van der Waals surface area contributed by atoms with Gasteiger partial charge in [-0.2, -0.15) is 0 Å². The lowest BCUT2D eigenvalue weighted by Crippen LogP contribution is -2.38. The Kier molecular flexibility index (Phi) is 6.15. The van der Waals surface area contributed by atoms with E-state index in [4.69, 9.17) is 5.11 Å². The first-order chi connectivity index (χ1) is 8.49. The number of carbonyl (C=O) groups excluding carboxylic acids is 1. The van der Waals surface area contributed by atoms with Gasteiger partial charge in [0.15, 0.2) is 0 Å². The first-order valence-electron chi connectivity index (χ1n) is 5.97. The van der Waals surface area contributed by atoms with Crippen molar-refractivity contribution in [1.29, 1.82) is 0 Å². The molecule has 100 valence electrons. The summed E-state index contributed by atoms with van der Waals surface area (Å²) in [7, 11) is 0. The quantitative estimate of drug-likeness (QED) is 0.782. The van der Waals surface area contributed by atoms with E-state index in [2.05, 4.69) is 26.6 Å². The first kappa shape index (κ1) is 15.0. The number of benzene rings is 1. The summed E-state index contributed by atoms with van der Waals surface area (Å²) in [4.78, 5) is 11.6. The van der Waals surface area contributed by atoms with Crippen molar-refractivity contribution in [2.75, 3.05) is 6.54 Å². The van der Waals surface area contributed by atoms with Crippen molar-refractivity contribution in [2.24, 2.45) is 0 Å². The van der Waals surface area contributed by atoms with Crippen LogP contribution in [0.4, 0.5) is 4.79 Å². The zero-order valence-electron chi connectivity index (χ0n) is 10.6. The number of halogens is 1. The molecule has 0 bridgehead atoms. The van der Waals surface area contributed by atoms with Gasteiger partial charge in [-0.1, -0.05) is 28.1 Å². The molecule has 5 heteroatoms. The molecule has 0 radical (unpaired) electrons. The molecule has 2 unspecified atom stereocenters. The molecule has 0 aliphatic rings. The molecule has 0 aliphatic heterocycles. The van der Waals surface area contributed by atoms with E-state index in [0.29, 0.717) is 13.0 Å². The molecule has 0 heterocycles. The molecular weight excluding hydrogens is 296 g/mol. The number of rotatable bonds is 5. The van der Waals surface area contributed by atoms with E-state index >= 15 is 0 Å². The molecule has 0 fully saturated rings. The van der Waals surface area contributed by atoms with Gasteiger partial charge in [-0.05, 0) is 38.0 Å². The maximum atomic E-state index is 11.6. The third-order valence-electron chi connectivity index (χ3n) is 2.54. The highest BCUT2D eigenvalue weighted by Crippen LogP contribution is 2.17. The predicted molar refractivity (Wildman–Crippen MR) is 75.4 cm³/mol. The highest BCUT2D eigenvalue weighted by molar-refractivity contribution is 9.10. The number of aliphatic hydroxyl groups is 1. The molecule has 1 aromatic carbocycles. The third kappa shape index (κ3) is 5.51. The van der Waals surface area contributed by atoms with E-state index in [1.54, 1.807) is 6.92 Å². The summed E-state index contributed by atoms with van der Waals surface area (Å²) in [5.41, 5.74) is 1.04. The van der Waals surface area contributed by atoms with E-state index in [9.17, 15) is 4.79 Å². The van der Waals surface area contributed by atoms with Gasteiger partial charge in [0.2, 0.25) is 0 Å². The number of amides is 2. The minimum absolute atomic E-state index is 0.0611. The second-order valence-electron chi connectivity index (χ2n) is 4.31. The van der Waals surface area contributed by atoms with Crippen LogP contribution < -0.4 is 10.6 Å². The van der Waals surface area contributed by atoms with Crippen molar-refractivity contribution in [2.45, 2.75) is 32.4 Å². The summed E-state index contributed by atoms with van der Waals surface area (Å²) in [6.45, 7) is 4.09. The monoisotopic (exact) mass is 314 g/mol. The topological polar surface area (TPSA) is 61.4 Å². The summed E-state index contributed by atoms with van der Waals surface area (Å²) >= 11 is 3.40. The minimum atomic E-state index is -0.396. The highest BCUT2D eigenvalue weighted by atomic mass is 79.9. The zero-order chi connectivity index (χ0) is 13.5. The van der Waals surface area contributed by atoms with Crippen LogP contribution >= 0.6 is 15.9 Å². The summed E-state index contributed by atoms with van der Waals surface area (Å²) in [5.74, 6) is 0. The molecule has 0 spiro atoms. The molecule has 1 aromatic rings. The van der Waals surface area contributed by atoms with E-state index in [1.807, 2.05) is 31.2 Å². The van der Waals surface area contributed by atoms with E-state index in [-0.39, 0.29) is 12.1 Å².